The number of aromatic nitrogens is 2. The number of hydrogen-bond acceptors (Lipinski definition) is 3. The van der Waals surface area contributed by atoms with E-state index in [1.807, 2.05) is 27.7 Å². The zero-order valence-electron chi connectivity index (χ0n) is 12.8. The SMILES string of the molecule is CC.Cc1nc(C)c2c(n1)CCC(c1ccccc1)N2. The molecule has 20 heavy (non-hydrogen) atoms. The molecule has 1 aliphatic heterocycles. The maximum Gasteiger partial charge on any atom is 0.125 e. The van der Waals surface area contributed by atoms with Crippen LogP contribution in [0.2, 0.25) is 0 Å². The van der Waals surface area contributed by atoms with Crippen LogP contribution in [0, 0.1) is 13.8 Å². The molecule has 3 rings (SSSR count). The molecule has 0 aliphatic carbocycles. The molecule has 1 N–H and O–H groups in total. The molecule has 2 aromatic rings. The number of nitrogens with zero attached hydrogens (tertiary/aromatic N) is 2. The quantitative estimate of drug-likeness (QED) is 0.842. The largest absolute Gasteiger partial charge is 0.375 e. The first-order valence-electron chi connectivity index (χ1n) is 7.39. The monoisotopic (exact) mass is 269 g/mol. The Labute approximate surface area is 121 Å². The molecular weight excluding hydrogens is 246 g/mol. The Kier molecular flexibility index (Phi) is 4.72. The molecule has 0 bridgehead atoms. The number of hydrogen-bond donors (Lipinski definition) is 1. The van der Waals surface area contributed by atoms with E-state index in [2.05, 4.69) is 45.6 Å². The van der Waals surface area contributed by atoms with Crippen LogP contribution < -0.4 is 5.32 Å². The van der Waals surface area contributed by atoms with Crippen LogP contribution in [-0.2, 0) is 6.42 Å². The zero-order chi connectivity index (χ0) is 14.5. The molecule has 3 heteroatoms. The van der Waals surface area contributed by atoms with Gasteiger partial charge in [0, 0.05) is 0 Å². The van der Waals surface area contributed by atoms with Gasteiger partial charge >= 0.3 is 0 Å². The number of fused-ring (bicyclic) bond motifs is 1. The average molecular weight is 269 g/mol. The van der Waals surface area contributed by atoms with Crippen LogP contribution in [0.25, 0.3) is 0 Å². The molecule has 1 atom stereocenters. The molecule has 1 aromatic heterocycles. The molecule has 0 fully saturated rings. The van der Waals surface area contributed by atoms with E-state index in [4.69, 9.17) is 0 Å². The molecule has 0 amide bonds. The number of benzene rings is 1. The molecule has 0 radical (unpaired) electrons. The predicted octanol–water partition coefficient (Wildman–Crippen LogP) is 4.22. The third-order valence-electron chi connectivity index (χ3n) is 3.47. The lowest BCUT2D eigenvalue weighted by atomic mass is 9.96. The van der Waals surface area contributed by atoms with Gasteiger partial charge in [-0.3, -0.25) is 0 Å². The molecule has 1 unspecified atom stereocenters. The predicted molar refractivity (Wildman–Crippen MR) is 84.0 cm³/mol. The maximum atomic E-state index is 4.53. The van der Waals surface area contributed by atoms with E-state index in [-0.39, 0.29) is 0 Å². The second kappa shape index (κ2) is 6.51. The fourth-order valence-corrected chi connectivity index (χ4v) is 2.62. The molecule has 1 aliphatic rings. The first kappa shape index (κ1) is 14.5. The highest BCUT2D eigenvalue weighted by atomic mass is 15.0. The summed E-state index contributed by atoms with van der Waals surface area (Å²) in [6, 6.07) is 11.0. The summed E-state index contributed by atoms with van der Waals surface area (Å²) in [4.78, 5) is 8.97. The summed E-state index contributed by atoms with van der Waals surface area (Å²) in [6.07, 6.45) is 2.11. The second-order valence-corrected chi connectivity index (χ2v) is 4.82. The summed E-state index contributed by atoms with van der Waals surface area (Å²) in [6.45, 7) is 8.00. The van der Waals surface area contributed by atoms with Crippen molar-refractivity contribution in [2.45, 2.75) is 46.6 Å². The Balaban J connectivity index is 0.000000704. The minimum absolute atomic E-state index is 0.378. The fourth-order valence-electron chi connectivity index (χ4n) is 2.62. The van der Waals surface area contributed by atoms with E-state index in [0.717, 1.165) is 35.7 Å². The van der Waals surface area contributed by atoms with Crippen molar-refractivity contribution < 1.29 is 0 Å². The van der Waals surface area contributed by atoms with Crippen molar-refractivity contribution in [1.29, 1.82) is 0 Å². The maximum absolute atomic E-state index is 4.53. The van der Waals surface area contributed by atoms with E-state index >= 15 is 0 Å². The molecule has 0 spiro atoms. The van der Waals surface area contributed by atoms with Gasteiger partial charge in [0.15, 0.2) is 0 Å². The molecule has 3 nitrogen and oxygen atoms in total. The van der Waals surface area contributed by atoms with Gasteiger partial charge in [-0.15, -0.1) is 0 Å². The van der Waals surface area contributed by atoms with Crippen molar-refractivity contribution in [2.75, 3.05) is 5.32 Å². The van der Waals surface area contributed by atoms with Gasteiger partial charge in [-0.2, -0.15) is 0 Å². The summed E-state index contributed by atoms with van der Waals surface area (Å²) < 4.78 is 0. The van der Waals surface area contributed by atoms with Crippen LogP contribution in [0.3, 0.4) is 0 Å². The van der Waals surface area contributed by atoms with Crippen LogP contribution in [-0.4, -0.2) is 9.97 Å². The topological polar surface area (TPSA) is 37.8 Å². The zero-order valence-corrected chi connectivity index (χ0v) is 12.8. The van der Waals surface area contributed by atoms with E-state index in [9.17, 15) is 0 Å². The number of nitrogens with one attached hydrogen (secondary N) is 1. The summed E-state index contributed by atoms with van der Waals surface area (Å²) in [7, 11) is 0. The number of anilines is 1. The Morgan fingerprint density at radius 1 is 1.05 bits per heavy atom. The highest BCUT2D eigenvalue weighted by Gasteiger charge is 2.22. The molecule has 106 valence electrons. The van der Waals surface area contributed by atoms with Crippen LogP contribution in [0.4, 0.5) is 5.69 Å². The fraction of sp³-hybridized carbons (Fsp3) is 0.412. The molecular formula is C17H23N3. The number of rotatable bonds is 1. The van der Waals surface area contributed by atoms with Crippen molar-refractivity contribution in [3.8, 4) is 0 Å². The van der Waals surface area contributed by atoms with Gasteiger partial charge in [0.2, 0.25) is 0 Å². The van der Waals surface area contributed by atoms with Gasteiger partial charge in [-0.25, -0.2) is 9.97 Å². The van der Waals surface area contributed by atoms with Crippen LogP contribution >= 0.6 is 0 Å². The van der Waals surface area contributed by atoms with Crippen LogP contribution in [0.1, 0.15) is 49.1 Å². The Hall–Kier alpha value is -1.90. The first-order chi connectivity index (χ1) is 9.74. The van der Waals surface area contributed by atoms with Gasteiger partial charge in [0.05, 0.1) is 23.1 Å². The van der Waals surface area contributed by atoms with E-state index in [0.29, 0.717) is 6.04 Å². The summed E-state index contributed by atoms with van der Waals surface area (Å²) >= 11 is 0. The minimum Gasteiger partial charge on any atom is -0.375 e. The average Bonchev–Trinajstić information content (AvgIpc) is 2.50. The van der Waals surface area contributed by atoms with E-state index < -0.39 is 0 Å². The number of aryl methyl sites for hydroxylation is 3. The summed E-state index contributed by atoms with van der Waals surface area (Å²) in [5.74, 6) is 0.867. The Bertz CT molecular complexity index is 564. The highest BCUT2D eigenvalue weighted by Crippen LogP contribution is 2.32. The smallest absolute Gasteiger partial charge is 0.125 e. The minimum atomic E-state index is 0.378. The van der Waals surface area contributed by atoms with Crippen molar-refractivity contribution in [3.05, 3.63) is 53.1 Å². The molecule has 1 aromatic carbocycles. The highest BCUT2D eigenvalue weighted by molar-refractivity contribution is 5.55. The lowest BCUT2D eigenvalue weighted by Gasteiger charge is -2.27. The van der Waals surface area contributed by atoms with Gasteiger partial charge in [-0.05, 0) is 32.3 Å². The molecule has 0 saturated carbocycles. The molecule has 0 saturated heterocycles. The second-order valence-electron chi connectivity index (χ2n) is 4.82. The standard InChI is InChI=1S/C15H17N3.C2H6/c1-10-15-14(17-11(2)16-10)9-8-13(18-15)12-6-4-3-5-7-12;1-2/h3-7,13,18H,8-9H2,1-2H3;1-2H3. The normalized spacial score (nSPS) is 16.5. The lowest BCUT2D eigenvalue weighted by molar-refractivity contribution is 0.647. The molecule has 2 heterocycles. The lowest BCUT2D eigenvalue weighted by Crippen LogP contribution is -2.21. The first-order valence-corrected chi connectivity index (χ1v) is 7.39. The van der Waals surface area contributed by atoms with E-state index in [1.54, 1.807) is 0 Å². The van der Waals surface area contributed by atoms with Crippen LogP contribution in [0.15, 0.2) is 30.3 Å². The third-order valence-corrected chi connectivity index (χ3v) is 3.47. The van der Waals surface area contributed by atoms with Crippen LogP contribution in [0.5, 0.6) is 0 Å². The van der Waals surface area contributed by atoms with Crippen molar-refractivity contribution >= 4 is 5.69 Å². The van der Waals surface area contributed by atoms with Crippen molar-refractivity contribution in [1.82, 2.24) is 9.97 Å². The van der Waals surface area contributed by atoms with Gasteiger partial charge in [-0.1, -0.05) is 44.2 Å². The van der Waals surface area contributed by atoms with Crippen molar-refractivity contribution in [2.24, 2.45) is 0 Å². The van der Waals surface area contributed by atoms with E-state index in [1.165, 1.54) is 5.56 Å². The Morgan fingerprint density at radius 2 is 1.75 bits per heavy atom. The third kappa shape index (κ3) is 2.98. The van der Waals surface area contributed by atoms with Gasteiger partial charge in [0.25, 0.3) is 0 Å². The van der Waals surface area contributed by atoms with Gasteiger partial charge in [0.1, 0.15) is 5.82 Å². The van der Waals surface area contributed by atoms with Gasteiger partial charge < -0.3 is 5.32 Å². The summed E-state index contributed by atoms with van der Waals surface area (Å²) in [5, 5.41) is 3.58. The Morgan fingerprint density at radius 3 is 2.45 bits per heavy atom. The van der Waals surface area contributed by atoms with Crippen molar-refractivity contribution in [3.63, 3.8) is 0 Å². The summed E-state index contributed by atoms with van der Waals surface area (Å²) in [5.41, 5.74) is 4.68.